The highest BCUT2D eigenvalue weighted by molar-refractivity contribution is 6.34. The molecule has 0 bridgehead atoms. The summed E-state index contributed by atoms with van der Waals surface area (Å²) in [5, 5.41) is 3.26. The third-order valence-electron chi connectivity index (χ3n) is 3.84. The predicted octanol–water partition coefficient (Wildman–Crippen LogP) is 5.05. The number of hydrogen-bond donors (Lipinski definition) is 1. The van der Waals surface area contributed by atoms with Crippen molar-refractivity contribution in [2.45, 2.75) is 26.6 Å². The smallest absolute Gasteiger partial charge is 0.323 e. The largest absolute Gasteiger partial charge is 0.416 e. The van der Waals surface area contributed by atoms with E-state index in [2.05, 4.69) is 5.32 Å². The zero-order valence-corrected chi connectivity index (χ0v) is 15.5. The summed E-state index contributed by atoms with van der Waals surface area (Å²) in [4.78, 5) is 13.9. The second kappa shape index (κ2) is 8.10. The summed E-state index contributed by atoms with van der Waals surface area (Å²) in [7, 11) is 1.72. The molecule has 0 fully saturated rings. The van der Waals surface area contributed by atoms with E-state index in [1.54, 1.807) is 18.0 Å². The van der Waals surface area contributed by atoms with Gasteiger partial charge < -0.3 is 5.32 Å². The van der Waals surface area contributed by atoms with Crippen molar-refractivity contribution in [1.29, 1.82) is 0 Å². The van der Waals surface area contributed by atoms with Crippen LogP contribution in [-0.4, -0.2) is 24.4 Å². The number of rotatable bonds is 5. The van der Waals surface area contributed by atoms with Gasteiger partial charge in [-0.05, 0) is 55.8 Å². The monoisotopic (exact) mass is 384 g/mol. The van der Waals surface area contributed by atoms with Crippen LogP contribution < -0.4 is 5.32 Å². The van der Waals surface area contributed by atoms with Crippen LogP contribution in [-0.2, 0) is 17.5 Å². The summed E-state index contributed by atoms with van der Waals surface area (Å²) in [6.45, 7) is 4.22. The number of amides is 1. The van der Waals surface area contributed by atoms with Gasteiger partial charge in [-0.25, -0.2) is 0 Å². The van der Waals surface area contributed by atoms with Gasteiger partial charge in [0.15, 0.2) is 0 Å². The summed E-state index contributed by atoms with van der Waals surface area (Å²) in [6, 6.07) is 8.61. The van der Waals surface area contributed by atoms with Crippen molar-refractivity contribution in [3.63, 3.8) is 0 Å². The van der Waals surface area contributed by atoms with Crippen molar-refractivity contribution >= 4 is 23.2 Å². The summed E-state index contributed by atoms with van der Waals surface area (Å²) in [6.07, 6.45) is -4.35. The molecular weight excluding hydrogens is 365 g/mol. The number of carbonyl (C=O) groups excluding carboxylic acids is 1. The average molecular weight is 385 g/mol. The molecule has 3 nitrogen and oxygen atoms in total. The quantitative estimate of drug-likeness (QED) is 0.782. The third kappa shape index (κ3) is 5.47. The molecule has 0 aliphatic heterocycles. The van der Waals surface area contributed by atoms with Crippen molar-refractivity contribution in [3.8, 4) is 0 Å². The van der Waals surface area contributed by atoms with E-state index >= 15 is 0 Å². The number of alkyl halides is 3. The van der Waals surface area contributed by atoms with E-state index in [4.69, 9.17) is 11.6 Å². The lowest BCUT2D eigenvalue weighted by atomic mass is 10.1. The number of aryl methyl sites for hydroxylation is 2. The van der Waals surface area contributed by atoms with Crippen molar-refractivity contribution < 1.29 is 18.0 Å². The standard InChI is InChI=1S/C19H20ClF3N2O/c1-12-8-13(2)18(16(20)9-12)24-17(26)11-25(3)10-14-4-6-15(7-5-14)19(21,22)23/h4-9H,10-11H2,1-3H3,(H,24,26). The Morgan fingerprint density at radius 3 is 2.31 bits per heavy atom. The third-order valence-corrected chi connectivity index (χ3v) is 4.14. The second-order valence-electron chi connectivity index (χ2n) is 6.35. The Morgan fingerprint density at radius 1 is 1.15 bits per heavy atom. The Hall–Kier alpha value is -2.05. The minimum Gasteiger partial charge on any atom is -0.323 e. The van der Waals surface area contributed by atoms with Gasteiger partial charge in [0.25, 0.3) is 0 Å². The molecule has 0 heterocycles. The van der Waals surface area contributed by atoms with Crippen LogP contribution >= 0.6 is 11.6 Å². The number of benzene rings is 2. The van der Waals surface area contributed by atoms with E-state index in [9.17, 15) is 18.0 Å². The van der Waals surface area contributed by atoms with E-state index in [1.165, 1.54) is 12.1 Å². The maximum absolute atomic E-state index is 12.6. The number of anilines is 1. The van der Waals surface area contributed by atoms with E-state index < -0.39 is 11.7 Å². The molecule has 1 N–H and O–H groups in total. The fourth-order valence-corrected chi connectivity index (χ4v) is 3.03. The molecule has 2 aromatic carbocycles. The lowest BCUT2D eigenvalue weighted by molar-refractivity contribution is -0.137. The molecule has 0 saturated carbocycles. The number of nitrogens with one attached hydrogen (secondary N) is 1. The van der Waals surface area contributed by atoms with Crippen LogP contribution in [0.25, 0.3) is 0 Å². The highest BCUT2D eigenvalue weighted by Crippen LogP contribution is 2.29. The van der Waals surface area contributed by atoms with Crippen molar-refractivity contribution in [2.75, 3.05) is 18.9 Å². The molecule has 0 saturated heterocycles. The van der Waals surface area contributed by atoms with Gasteiger partial charge in [-0.1, -0.05) is 29.8 Å². The molecule has 0 aliphatic carbocycles. The van der Waals surface area contributed by atoms with Gasteiger partial charge in [-0.15, -0.1) is 0 Å². The van der Waals surface area contributed by atoms with Crippen LogP contribution in [0.1, 0.15) is 22.3 Å². The van der Waals surface area contributed by atoms with Crippen LogP contribution in [0.4, 0.5) is 18.9 Å². The number of halogens is 4. The van der Waals surface area contributed by atoms with Crippen LogP contribution in [0, 0.1) is 13.8 Å². The topological polar surface area (TPSA) is 32.3 Å². The molecule has 2 aromatic rings. The van der Waals surface area contributed by atoms with E-state index in [1.807, 2.05) is 19.9 Å². The van der Waals surface area contributed by atoms with E-state index in [-0.39, 0.29) is 12.5 Å². The fraction of sp³-hybridized carbons (Fsp3) is 0.316. The first-order chi connectivity index (χ1) is 12.1. The summed E-state index contributed by atoms with van der Waals surface area (Å²) < 4.78 is 37.7. The van der Waals surface area contributed by atoms with E-state index in [0.717, 1.165) is 23.3 Å². The maximum atomic E-state index is 12.6. The summed E-state index contributed by atoms with van der Waals surface area (Å²) in [5.74, 6) is -0.242. The molecule has 140 valence electrons. The SMILES string of the molecule is Cc1cc(C)c(NC(=O)CN(C)Cc2ccc(C(F)(F)F)cc2)c(Cl)c1. The normalized spacial score (nSPS) is 11.7. The van der Waals surface area contributed by atoms with Crippen molar-refractivity contribution in [2.24, 2.45) is 0 Å². The fourth-order valence-electron chi connectivity index (χ4n) is 2.66. The summed E-state index contributed by atoms with van der Waals surface area (Å²) >= 11 is 6.18. The van der Waals surface area contributed by atoms with Crippen molar-refractivity contribution in [1.82, 2.24) is 4.90 Å². The van der Waals surface area contributed by atoms with Gasteiger partial charge in [0.05, 0.1) is 22.8 Å². The first-order valence-electron chi connectivity index (χ1n) is 7.97. The lowest BCUT2D eigenvalue weighted by Gasteiger charge is -2.18. The average Bonchev–Trinajstić information content (AvgIpc) is 2.50. The minimum atomic E-state index is -4.35. The molecule has 7 heteroatoms. The van der Waals surface area contributed by atoms with Gasteiger partial charge in [-0.2, -0.15) is 13.2 Å². The molecule has 0 aliphatic rings. The minimum absolute atomic E-state index is 0.0880. The van der Waals surface area contributed by atoms with Crippen LogP contribution in [0.2, 0.25) is 5.02 Å². The van der Waals surface area contributed by atoms with Crippen molar-refractivity contribution in [3.05, 3.63) is 63.7 Å². The molecular formula is C19H20ClF3N2O. The maximum Gasteiger partial charge on any atom is 0.416 e. The van der Waals surface area contributed by atoms with E-state index in [0.29, 0.717) is 22.8 Å². The number of carbonyl (C=O) groups is 1. The Balaban J connectivity index is 1.95. The molecule has 26 heavy (non-hydrogen) atoms. The molecule has 0 unspecified atom stereocenters. The molecule has 0 spiro atoms. The van der Waals surface area contributed by atoms with Gasteiger partial charge in [-0.3, -0.25) is 9.69 Å². The highest BCUT2D eigenvalue weighted by Gasteiger charge is 2.29. The molecule has 1 amide bonds. The molecule has 0 radical (unpaired) electrons. The number of likely N-dealkylation sites (N-methyl/N-ethyl adjacent to an activating group) is 1. The summed E-state index contributed by atoms with van der Waals surface area (Å²) in [5.41, 5.74) is 2.45. The lowest BCUT2D eigenvalue weighted by Crippen LogP contribution is -2.30. The first kappa shape index (κ1) is 20.3. The number of nitrogens with zero attached hydrogens (tertiary/aromatic N) is 1. The molecule has 2 rings (SSSR count). The van der Waals surface area contributed by atoms with Gasteiger partial charge in [0.1, 0.15) is 0 Å². The van der Waals surface area contributed by atoms with Gasteiger partial charge in [0, 0.05) is 6.54 Å². The van der Waals surface area contributed by atoms with Crippen LogP contribution in [0.3, 0.4) is 0 Å². The predicted molar refractivity (Wildman–Crippen MR) is 97.3 cm³/mol. The number of hydrogen-bond acceptors (Lipinski definition) is 2. The zero-order valence-electron chi connectivity index (χ0n) is 14.7. The Morgan fingerprint density at radius 2 is 1.77 bits per heavy atom. The Labute approximate surface area is 155 Å². The van der Waals surface area contributed by atoms with Gasteiger partial charge >= 0.3 is 6.18 Å². The first-order valence-corrected chi connectivity index (χ1v) is 8.35. The Bertz CT molecular complexity index is 765. The second-order valence-corrected chi connectivity index (χ2v) is 6.76. The zero-order chi connectivity index (χ0) is 19.5. The van der Waals surface area contributed by atoms with Gasteiger partial charge in [0.2, 0.25) is 5.91 Å². The Kier molecular flexibility index (Phi) is 6.31. The highest BCUT2D eigenvalue weighted by atomic mass is 35.5. The van der Waals surface area contributed by atoms with Crippen LogP contribution in [0.15, 0.2) is 36.4 Å². The molecule has 0 aromatic heterocycles. The van der Waals surface area contributed by atoms with Crippen LogP contribution in [0.5, 0.6) is 0 Å². The molecule has 0 atom stereocenters.